The van der Waals surface area contributed by atoms with Gasteiger partial charge in [-0.15, -0.1) is 0 Å². The van der Waals surface area contributed by atoms with E-state index >= 15 is 0 Å². The van der Waals surface area contributed by atoms with Gasteiger partial charge in [0.2, 0.25) is 5.91 Å². The van der Waals surface area contributed by atoms with E-state index in [-0.39, 0.29) is 11.7 Å². The van der Waals surface area contributed by atoms with Gasteiger partial charge in [0, 0.05) is 6.42 Å². The molecule has 116 valence electrons. The van der Waals surface area contributed by atoms with E-state index in [1.807, 2.05) is 37.3 Å². The van der Waals surface area contributed by atoms with Crippen LogP contribution in [0, 0.1) is 6.92 Å². The molecule has 0 fully saturated rings. The van der Waals surface area contributed by atoms with Crippen molar-refractivity contribution in [2.45, 2.75) is 19.8 Å². The van der Waals surface area contributed by atoms with Crippen molar-refractivity contribution in [1.29, 1.82) is 0 Å². The predicted octanol–water partition coefficient (Wildman–Crippen LogP) is 4.26. The second-order valence-corrected chi connectivity index (χ2v) is 5.81. The van der Waals surface area contributed by atoms with Gasteiger partial charge < -0.3 is 15.2 Å². The molecule has 0 radical (unpaired) electrons. The van der Waals surface area contributed by atoms with Crippen LogP contribution < -0.4 is 10.1 Å². The third-order valence-corrected chi connectivity index (χ3v) is 3.72. The number of nitrogens with one attached hydrogen (secondary N) is 1. The number of aryl methyl sites for hydroxylation is 1. The molecule has 0 aliphatic heterocycles. The molecule has 0 unspecified atom stereocenters. The van der Waals surface area contributed by atoms with Crippen molar-refractivity contribution < 1.29 is 14.6 Å². The van der Waals surface area contributed by atoms with Crippen molar-refractivity contribution >= 4 is 27.5 Å². The van der Waals surface area contributed by atoms with Crippen molar-refractivity contribution in [1.82, 2.24) is 0 Å². The molecule has 2 aromatic carbocycles. The first-order chi connectivity index (χ1) is 10.6. The number of aromatic hydroxyl groups is 1. The molecule has 1 amide bonds. The van der Waals surface area contributed by atoms with Crippen LogP contribution in [0.4, 0.5) is 5.69 Å². The third-order valence-electron chi connectivity index (χ3n) is 3.07. The molecule has 22 heavy (non-hydrogen) atoms. The highest BCUT2D eigenvalue weighted by Crippen LogP contribution is 2.25. The molecular weight excluding hydrogens is 346 g/mol. The number of amides is 1. The molecule has 0 bridgehead atoms. The Labute approximate surface area is 138 Å². The summed E-state index contributed by atoms with van der Waals surface area (Å²) >= 11 is 3.40. The summed E-state index contributed by atoms with van der Waals surface area (Å²) in [4.78, 5) is 11.8. The largest absolute Gasteiger partial charge is 0.506 e. The van der Waals surface area contributed by atoms with Crippen LogP contribution in [0.15, 0.2) is 46.9 Å². The molecule has 2 aromatic rings. The van der Waals surface area contributed by atoms with Gasteiger partial charge in [-0.1, -0.05) is 18.2 Å². The molecule has 0 aliphatic rings. The summed E-state index contributed by atoms with van der Waals surface area (Å²) in [5.74, 6) is 0.701. The second-order valence-electron chi connectivity index (χ2n) is 4.95. The topological polar surface area (TPSA) is 58.6 Å². The van der Waals surface area contributed by atoms with Gasteiger partial charge in [0.15, 0.2) is 0 Å². The smallest absolute Gasteiger partial charge is 0.224 e. The van der Waals surface area contributed by atoms with Crippen LogP contribution in [-0.2, 0) is 4.79 Å². The minimum Gasteiger partial charge on any atom is -0.506 e. The van der Waals surface area contributed by atoms with E-state index in [1.165, 1.54) is 0 Å². The average Bonchev–Trinajstić information content (AvgIpc) is 2.48. The van der Waals surface area contributed by atoms with Crippen LogP contribution in [0.5, 0.6) is 11.5 Å². The first-order valence-corrected chi connectivity index (χ1v) is 7.82. The fourth-order valence-electron chi connectivity index (χ4n) is 1.94. The van der Waals surface area contributed by atoms with Gasteiger partial charge in [-0.2, -0.15) is 0 Å². The molecule has 0 aliphatic carbocycles. The Kier molecular flexibility index (Phi) is 5.83. The van der Waals surface area contributed by atoms with Crippen molar-refractivity contribution in [3.05, 3.63) is 52.5 Å². The number of benzene rings is 2. The van der Waals surface area contributed by atoms with Gasteiger partial charge in [-0.05, 0) is 59.1 Å². The molecule has 0 spiro atoms. The number of phenols is 1. The lowest BCUT2D eigenvalue weighted by atomic mass is 10.2. The van der Waals surface area contributed by atoms with Crippen LogP contribution in [0.3, 0.4) is 0 Å². The van der Waals surface area contributed by atoms with Crippen molar-refractivity contribution in [3.8, 4) is 11.5 Å². The Morgan fingerprint density at radius 3 is 2.77 bits per heavy atom. The fourth-order valence-corrected chi connectivity index (χ4v) is 2.34. The summed E-state index contributed by atoms with van der Waals surface area (Å²) in [7, 11) is 0. The normalized spacial score (nSPS) is 10.3. The van der Waals surface area contributed by atoms with E-state index < -0.39 is 0 Å². The van der Waals surface area contributed by atoms with E-state index in [0.29, 0.717) is 25.1 Å². The molecule has 2 rings (SSSR count). The lowest BCUT2D eigenvalue weighted by Crippen LogP contribution is -2.13. The van der Waals surface area contributed by atoms with Crippen molar-refractivity contribution in [2.75, 3.05) is 11.9 Å². The number of ether oxygens (including phenoxy) is 1. The SMILES string of the molecule is Cc1ccc(NC(=O)CCCOc2ccccc2Br)c(O)c1. The molecular formula is C17H18BrNO3. The number of anilines is 1. The summed E-state index contributed by atoms with van der Waals surface area (Å²) in [5.41, 5.74) is 1.37. The van der Waals surface area contributed by atoms with Crippen molar-refractivity contribution in [2.24, 2.45) is 0 Å². The number of rotatable bonds is 6. The maximum absolute atomic E-state index is 11.8. The minimum absolute atomic E-state index is 0.0813. The number of halogens is 1. The van der Waals surface area contributed by atoms with E-state index in [4.69, 9.17) is 4.74 Å². The monoisotopic (exact) mass is 363 g/mol. The van der Waals surface area contributed by atoms with Crippen LogP contribution in [0.2, 0.25) is 0 Å². The van der Waals surface area contributed by atoms with Gasteiger partial charge in [0.05, 0.1) is 16.8 Å². The number of para-hydroxylation sites is 1. The molecule has 0 saturated heterocycles. The molecule has 0 atom stereocenters. The van der Waals surface area contributed by atoms with Gasteiger partial charge in [0.1, 0.15) is 11.5 Å². The molecule has 5 heteroatoms. The summed E-state index contributed by atoms with van der Waals surface area (Å²) < 4.78 is 6.49. The lowest BCUT2D eigenvalue weighted by molar-refractivity contribution is -0.116. The summed E-state index contributed by atoms with van der Waals surface area (Å²) in [6.45, 7) is 2.33. The van der Waals surface area contributed by atoms with Crippen LogP contribution in [-0.4, -0.2) is 17.6 Å². The van der Waals surface area contributed by atoms with Gasteiger partial charge in [0.25, 0.3) is 0 Å². The van der Waals surface area contributed by atoms with E-state index in [0.717, 1.165) is 15.8 Å². The van der Waals surface area contributed by atoms with E-state index in [9.17, 15) is 9.90 Å². The summed E-state index contributed by atoms with van der Waals surface area (Å²) in [5, 5.41) is 12.4. The molecule has 4 nitrogen and oxygen atoms in total. The first-order valence-electron chi connectivity index (χ1n) is 7.03. The lowest BCUT2D eigenvalue weighted by Gasteiger charge is -2.09. The Balaban J connectivity index is 1.75. The van der Waals surface area contributed by atoms with E-state index in [1.54, 1.807) is 12.1 Å². The summed E-state index contributed by atoms with van der Waals surface area (Å²) in [6.07, 6.45) is 0.928. The fraction of sp³-hybridized carbons (Fsp3) is 0.235. The molecule has 0 heterocycles. The van der Waals surface area contributed by atoms with Gasteiger partial charge in [-0.3, -0.25) is 4.79 Å². The molecule has 2 N–H and O–H groups in total. The first kappa shape index (κ1) is 16.4. The zero-order valence-electron chi connectivity index (χ0n) is 12.3. The Hall–Kier alpha value is -2.01. The quantitative estimate of drug-likeness (QED) is 0.595. The van der Waals surface area contributed by atoms with Crippen LogP contribution >= 0.6 is 15.9 Å². The molecule has 0 aromatic heterocycles. The Morgan fingerprint density at radius 1 is 1.27 bits per heavy atom. The highest BCUT2D eigenvalue weighted by Gasteiger charge is 2.07. The Bertz CT molecular complexity index is 658. The zero-order chi connectivity index (χ0) is 15.9. The maximum atomic E-state index is 11.8. The maximum Gasteiger partial charge on any atom is 0.224 e. The number of phenolic OH excluding ortho intramolecular Hbond substituents is 1. The summed E-state index contributed by atoms with van der Waals surface area (Å²) in [6, 6.07) is 12.7. The number of carbonyl (C=O) groups is 1. The second kappa shape index (κ2) is 7.84. The van der Waals surface area contributed by atoms with E-state index in [2.05, 4.69) is 21.2 Å². The van der Waals surface area contributed by atoms with Crippen LogP contribution in [0.1, 0.15) is 18.4 Å². The highest BCUT2D eigenvalue weighted by atomic mass is 79.9. The minimum atomic E-state index is -0.144. The molecule has 0 saturated carbocycles. The van der Waals surface area contributed by atoms with Crippen molar-refractivity contribution in [3.63, 3.8) is 0 Å². The average molecular weight is 364 g/mol. The number of hydrogen-bond donors (Lipinski definition) is 2. The van der Waals surface area contributed by atoms with Gasteiger partial charge >= 0.3 is 0 Å². The van der Waals surface area contributed by atoms with Crippen LogP contribution in [0.25, 0.3) is 0 Å². The van der Waals surface area contributed by atoms with Gasteiger partial charge in [-0.25, -0.2) is 0 Å². The number of hydrogen-bond acceptors (Lipinski definition) is 3. The standard InChI is InChI=1S/C17H18BrNO3/c1-12-8-9-14(15(20)11-12)19-17(21)7-4-10-22-16-6-3-2-5-13(16)18/h2-3,5-6,8-9,11,20H,4,7,10H2,1H3,(H,19,21). The third kappa shape index (κ3) is 4.77. The zero-order valence-corrected chi connectivity index (χ0v) is 13.9. The predicted molar refractivity (Wildman–Crippen MR) is 90.3 cm³/mol. The number of carbonyl (C=O) groups excluding carboxylic acids is 1. The Morgan fingerprint density at radius 2 is 2.05 bits per heavy atom. The highest BCUT2D eigenvalue weighted by molar-refractivity contribution is 9.10.